The maximum absolute atomic E-state index is 12.2. The summed E-state index contributed by atoms with van der Waals surface area (Å²) in [4.78, 5) is 20.8. The molecule has 0 aliphatic carbocycles. The second kappa shape index (κ2) is 6.35. The maximum atomic E-state index is 12.2. The molecule has 116 valence electrons. The van der Waals surface area contributed by atoms with Crippen LogP contribution in [0.3, 0.4) is 0 Å². The van der Waals surface area contributed by atoms with Crippen LogP contribution in [0.1, 0.15) is 19.8 Å². The van der Waals surface area contributed by atoms with Crippen molar-refractivity contribution in [1.82, 2.24) is 19.6 Å². The van der Waals surface area contributed by atoms with Crippen molar-refractivity contribution in [2.45, 2.75) is 30.7 Å². The summed E-state index contributed by atoms with van der Waals surface area (Å²) in [6, 6.07) is -0.286. The summed E-state index contributed by atoms with van der Waals surface area (Å²) in [6.45, 7) is 2.93. The van der Waals surface area contributed by atoms with Crippen LogP contribution in [0.2, 0.25) is 0 Å². The van der Waals surface area contributed by atoms with Crippen LogP contribution >= 0.6 is 0 Å². The summed E-state index contributed by atoms with van der Waals surface area (Å²) >= 11 is 0. The van der Waals surface area contributed by atoms with E-state index in [0.717, 1.165) is 0 Å². The molecule has 1 unspecified atom stereocenters. The first kappa shape index (κ1) is 15.6. The first-order valence-electron chi connectivity index (χ1n) is 6.74. The molecule has 1 aliphatic rings. The van der Waals surface area contributed by atoms with Gasteiger partial charge in [-0.1, -0.05) is 0 Å². The zero-order valence-electron chi connectivity index (χ0n) is 12.0. The molecule has 1 saturated heterocycles. The van der Waals surface area contributed by atoms with Gasteiger partial charge in [-0.15, -0.1) is 0 Å². The highest BCUT2D eigenvalue weighted by atomic mass is 32.2. The number of aromatic nitrogens is 2. The largest absolute Gasteiger partial charge is 0.355 e. The molecule has 0 spiro atoms. The molecule has 9 heteroatoms. The Kier molecular flexibility index (Phi) is 4.73. The van der Waals surface area contributed by atoms with E-state index in [1.54, 1.807) is 7.05 Å². The van der Waals surface area contributed by atoms with Crippen LogP contribution in [0, 0.1) is 0 Å². The van der Waals surface area contributed by atoms with Gasteiger partial charge in [-0.25, -0.2) is 23.1 Å². The monoisotopic (exact) mass is 313 g/mol. The minimum absolute atomic E-state index is 0.0173. The molecule has 0 bridgehead atoms. The Labute approximate surface area is 124 Å². The second-order valence-corrected chi connectivity index (χ2v) is 6.62. The van der Waals surface area contributed by atoms with Crippen molar-refractivity contribution in [3.63, 3.8) is 0 Å². The lowest BCUT2D eigenvalue weighted by Gasteiger charge is -2.29. The molecular formula is C12H19N5O3S. The van der Waals surface area contributed by atoms with Crippen LogP contribution in [0.4, 0.5) is 5.95 Å². The number of nitrogens with zero attached hydrogens (tertiary/aromatic N) is 3. The Hall–Kier alpha value is -1.74. The van der Waals surface area contributed by atoms with E-state index in [1.807, 2.05) is 6.92 Å². The molecule has 21 heavy (non-hydrogen) atoms. The average Bonchev–Trinajstić information content (AvgIpc) is 2.44. The van der Waals surface area contributed by atoms with Gasteiger partial charge in [0.2, 0.25) is 21.9 Å². The second-order valence-electron chi connectivity index (χ2n) is 4.90. The molecular weight excluding hydrogens is 294 g/mol. The topological polar surface area (TPSA) is 104 Å². The van der Waals surface area contributed by atoms with Gasteiger partial charge in [-0.3, -0.25) is 4.79 Å². The Balaban J connectivity index is 2.06. The van der Waals surface area contributed by atoms with Crippen molar-refractivity contribution in [1.29, 1.82) is 0 Å². The van der Waals surface area contributed by atoms with Crippen molar-refractivity contribution < 1.29 is 13.2 Å². The molecule has 0 saturated carbocycles. The number of rotatable bonds is 5. The van der Waals surface area contributed by atoms with Crippen molar-refractivity contribution in [3.8, 4) is 0 Å². The van der Waals surface area contributed by atoms with E-state index in [9.17, 15) is 13.2 Å². The highest BCUT2D eigenvalue weighted by molar-refractivity contribution is 7.89. The lowest BCUT2D eigenvalue weighted by molar-refractivity contribution is -0.132. The van der Waals surface area contributed by atoms with E-state index in [4.69, 9.17) is 0 Å². The number of carbonyl (C=O) groups excluding carboxylic acids is 1. The van der Waals surface area contributed by atoms with E-state index in [2.05, 4.69) is 20.0 Å². The molecule has 0 radical (unpaired) electrons. The summed E-state index contributed by atoms with van der Waals surface area (Å²) < 4.78 is 27.1. The minimum atomic E-state index is -3.67. The number of sulfonamides is 1. The third-order valence-electron chi connectivity index (χ3n) is 3.22. The van der Waals surface area contributed by atoms with Gasteiger partial charge in [-0.2, -0.15) is 0 Å². The number of likely N-dealkylation sites (tertiary alicyclic amines) is 1. The van der Waals surface area contributed by atoms with Gasteiger partial charge < -0.3 is 10.2 Å². The van der Waals surface area contributed by atoms with Gasteiger partial charge in [0.15, 0.2) is 0 Å². The van der Waals surface area contributed by atoms with E-state index < -0.39 is 10.0 Å². The molecule has 2 rings (SSSR count). The van der Waals surface area contributed by atoms with Crippen LogP contribution in [0.25, 0.3) is 0 Å². The van der Waals surface area contributed by atoms with Gasteiger partial charge in [0.25, 0.3) is 0 Å². The van der Waals surface area contributed by atoms with Gasteiger partial charge in [0.1, 0.15) is 4.90 Å². The Morgan fingerprint density at radius 3 is 2.62 bits per heavy atom. The molecule has 1 aromatic rings. The number of amides is 1. The third kappa shape index (κ3) is 3.88. The zero-order valence-corrected chi connectivity index (χ0v) is 12.9. The predicted molar refractivity (Wildman–Crippen MR) is 77.2 cm³/mol. The normalized spacial score (nSPS) is 19.6. The zero-order chi connectivity index (χ0) is 15.5. The highest BCUT2D eigenvalue weighted by Crippen LogP contribution is 2.14. The SMILES string of the molecule is CCNc1ncc(S(=O)(=O)NC2CCC(=O)N(C)C2)cn1. The number of likely N-dealkylation sites (N-methyl/N-ethyl adjacent to an activating group) is 1. The number of piperidine rings is 1. The maximum Gasteiger partial charge on any atom is 0.243 e. The predicted octanol–water partition coefficient (Wildman–Crippen LogP) is -0.192. The van der Waals surface area contributed by atoms with Crippen LogP contribution < -0.4 is 10.0 Å². The van der Waals surface area contributed by atoms with Gasteiger partial charge in [-0.05, 0) is 13.3 Å². The summed E-state index contributed by atoms with van der Waals surface area (Å²) in [7, 11) is -2.01. The smallest absolute Gasteiger partial charge is 0.243 e. The lowest BCUT2D eigenvalue weighted by atomic mass is 10.1. The van der Waals surface area contributed by atoms with Gasteiger partial charge in [0.05, 0.1) is 12.4 Å². The standard InChI is InChI=1S/C12H19N5O3S/c1-3-13-12-14-6-10(7-15-12)21(19,20)16-9-4-5-11(18)17(2)8-9/h6-7,9,16H,3-5,8H2,1-2H3,(H,13,14,15). The van der Waals surface area contributed by atoms with E-state index in [-0.39, 0.29) is 16.8 Å². The highest BCUT2D eigenvalue weighted by Gasteiger charge is 2.27. The van der Waals surface area contributed by atoms with E-state index in [1.165, 1.54) is 17.3 Å². The number of hydrogen-bond donors (Lipinski definition) is 2. The molecule has 1 atom stereocenters. The fourth-order valence-corrected chi connectivity index (χ4v) is 3.25. The summed E-state index contributed by atoms with van der Waals surface area (Å²) in [5.74, 6) is 0.420. The Morgan fingerprint density at radius 2 is 2.05 bits per heavy atom. The molecule has 2 heterocycles. The summed E-state index contributed by atoms with van der Waals surface area (Å²) in [5, 5.41) is 2.90. The molecule has 1 amide bonds. The molecule has 1 aliphatic heterocycles. The van der Waals surface area contributed by atoms with Crippen LogP contribution in [-0.4, -0.2) is 55.4 Å². The first-order chi connectivity index (χ1) is 9.92. The minimum Gasteiger partial charge on any atom is -0.355 e. The lowest BCUT2D eigenvalue weighted by Crippen LogP contribution is -2.48. The number of nitrogens with one attached hydrogen (secondary N) is 2. The molecule has 2 N–H and O–H groups in total. The summed E-state index contributed by atoms with van der Waals surface area (Å²) in [6.07, 6.45) is 3.38. The van der Waals surface area contributed by atoms with E-state index >= 15 is 0 Å². The summed E-state index contributed by atoms with van der Waals surface area (Å²) in [5.41, 5.74) is 0. The van der Waals surface area contributed by atoms with Crippen molar-refractivity contribution in [2.75, 3.05) is 25.5 Å². The quantitative estimate of drug-likeness (QED) is 0.780. The molecule has 8 nitrogen and oxygen atoms in total. The Morgan fingerprint density at radius 1 is 1.38 bits per heavy atom. The van der Waals surface area contributed by atoms with Gasteiger partial charge >= 0.3 is 0 Å². The third-order valence-corrected chi connectivity index (χ3v) is 4.70. The van der Waals surface area contributed by atoms with Crippen LogP contribution in [-0.2, 0) is 14.8 Å². The van der Waals surface area contributed by atoms with Crippen LogP contribution in [0.15, 0.2) is 17.3 Å². The Bertz CT molecular complexity index is 602. The molecule has 1 fully saturated rings. The van der Waals surface area contributed by atoms with Crippen LogP contribution in [0.5, 0.6) is 0 Å². The van der Waals surface area contributed by atoms with Crippen molar-refractivity contribution in [2.24, 2.45) is 0 Å². The van der Waals surface area contributed by atoms with Gasteiger partial charge in [0, 0.05) is 32.6 Å². The molecule has 0 aromatic carbocycles. The van der Waals surface area contributed by atoms with Crippen molar-refractivity contribution >= 4 is 21.9 Å². The number of hydrogen-bond acceptors (Lipinski definition) is 6. The van der Waals surface area contributed by atoms with Crippen molar-refractivity contribution in [3.05, 3.63) is 12.4 Å². The first-order valence-corrected chi connectivity index (χ1v) is 8.23. The number of carbonyl (C=O) groups is 1. The van der Waals surface area contributed by atoms with E-state index in [0.29, 0.717) is 31.9 Å². The number of anilines is 1. The molecule has 1 aromatic heterocycles. The fourth-order valence-electron chi connectivity index (χ4n) is 2.10. The average molecular weight is 313 g/mol. The fraction of sp³-hybridized carbons (Fsp3) is 0.583.